The average molecular weight is 281 g/mol. The van der Waals surface area contributed by atoms with Crippen LogP contribution in [0.2, 0.25) is 0 Å². The second kappa shape index (κ2) is 8.22. The largest absolute Gasteiger partial charge is 0.494 e. The summed E-state index contributed by atoms with van der Waals surface area (Å²) in [6.45, 7) is 1.93. The van der Waals surface area contributed by atoms with E-state index in [2.05, 4.69) is 5.32 Å². The van der Waals surface area contributed by atoms with Gasteiger partial charge in [0.1, 0.15) is 0 Å². The summed E-state index contributed by atoms with van der Waals surface area (Å²) in [4.78, 5) is 0. The third-order valence-electron chi connectivity index (χ3n) is 3.76. The number of benzene rings is 1. The SMILES string of the molecule is COc1cccc(CNCCOC2CCCCC2)c1F. The first kappa shape index (κ1) is 15.3. The van der Waals surface area contributed by atoms with Gasteiger partial charge in [0, 0.05) is 18.7 Å². The molecule has 0 aliphatic heterocycles. The summed E-state index contributed by atoms with van der Waals surface area (Å²) in [5.74, 6) is 0.0125. The van der Waals surface area contributed by atoms with Crippen LogP contribution in [-0.2, 0) is 11.3 Å². The molecule has 1 aromatic rings. The second-order valence-electron chi connectivity index (χ2n) is 5.24. The van der Waals surface area contributed by atoms with Crippen LogP contribution in [0.5, 0.6) is 5.75 Å². The van der Waals surface area contributed by atoms with E-state index in [1.807, 2.05) is 0 Å². The molecule has 4 heteroatoms. The van der Waals surface area contributed by atoms with E-state index in [1.165, 1.54) is 39.2 Å². The van der Waals surface area contributed by atoms with Crippen molar-refractivity contribution in [2.45, 2.75) is 44.8 Å². The van der Waals surface area contributed by atoms with Crippen molar-refractivity contribution in [3.05, 3.63) is 29.6 Å². The molecule has 1 aromatic carbocycles. The zero-order chi connectivity index (χ0) is 14.2. The lowest BCUT2D eigenvalue weighted by Gasteiger charge is -2.22. The molecular formula is C16H24FNO2. The molecular weight excluding hydrogens is 257 g/mol. The maximum absolute atomic E-state index is 13.9. The molecule has 0 amide bonds. The molecule has 0 bridgehead atoms. The number of hydrogen-bond donors (Lipinski definition) is 1. The Morgan fingerprint density at radius 3 is 2.80 bits per heavy atom. The minimum atomic E-state index is -0.282. The summed E-state index contributed by atoms with van der Waals surface area (Å²) in [5.41, 5.74) is 0.627. The molecule has 0 spiro atoms. The number of hydrogen-bond acceptors (Lipinski definition) is 3. The van der Waals surface area contributed by atoms with Gasteiger partial charge in [-0.1, -0.05) is 31.4 Å². The Kier molecular flexibility index (Phi) is 6.27. The first-order valence-electron chi connectivity index (χ1n) is 7.45. The first-order valence-corrected chi connectivity index (χ1v) is 7.45. The summed E-state index contributed by atoms with van der Waals surface area (Å²) in [6.07, 6.45) is 6.71. The molecule has 1 aliphatic rings. The molecule has 112 valence electrons. The molecule has 0 aromatic heterocycles. The smallest absolute Gasteiger partial charge is 0.169 e. The summed E-state index contributed by atoms with van der Waals surface area (Å²) in [7, 11) is 1.48. The number of ether oxygens (including phenoxy) is 2. The zero-order valence-corrected chi connectivity index (χ0v) is 12.2. The minimum Gasteiger partial charge on any atom is -0.494 e. The molecule has 0 saturated heterocycles. The normalized spacial score (nSPS) is 16.3. The van der Waals surface area contributed by atoms with Gasteiger partial charge >= 0.3 is 0 Å². The highest BCUT2D eigenvalue weighted by Crippen LogP contribution is 2.20. The van der Waals surface area contributed by atoms with E-state index in [4.69, 9.17) is 9.47 Å². The van der Waals surface area contributed by atoms with E-state index >= 15 is 0 Å². The van der Waals surface area contributed by atoms with E-state index in [-0.39, 0.29) is 5.82 Å². The van der Waals surface area contributed by atoms with Crippen molar-refractivity contribution in [1.29, 1.82) is 0 Å². The molecule has 1 N–H and O–H groups in total. The fraction of sp³-hybridized carbons (Fsp3) is 0.625. The Bertz CT molecular complexity index is 405. The highest BCUT2D eigenvalue weighted by molar-refractivity contribution is 5.30. The summed E-state index contributed by atoms with van der Waals surface area (Å²) in [5, 5.41) is 3.21. The van der Waals surface area contributed by atoms with Crippen LogP contribution in [0, 0.1) is 5.82 Å². The van der Waals surface area contributed by atoms with Crippen molar-refractivity contribution in [1.82, 2.24) is 5.32 Å². The topological polar surface area (TPSA) is 30.5 Å². The van der Waals surface area contributed by atoms with Crippen molar-refractivity contribution >= 4 is 0 Å². The van der Waals surface area contributed by atoms with Gasteiger partial charge in [-0.05, 0) is 18.9 Å². The lowest BCUT2D eigenvalue weighted by atomic mass is 9.98. The molecule has 0 heterocycles. The predicted molar refractivity (Wildman–Crippen MR) is 77.5 cm³/mol. The summed E-state index contributed by atoms with van der Waals surface area (Å²) in [6, 6.07) is 5.20. The van der Waals surface area contributed by atoms with Crippen LogP contribution in [-0.4, -0.2) is 26.4 Å². The van der Waals surface area contributed by atoms with Crippen LogP contribution in [0.25, 0.3) is 0 Å². The lowest BCUT2D eigenvalue weighted by Crippen LogP contribution is -2.24. The Morgan fingerprint density at radius 2 is 2.05 bits per heavy atom. The van der Waals surface area contributed by atoms with E-state index in [1.54, 1.807) is 18.2 Å². The molecule has 0 radical (unpaired) electrons. The highest BCUT2D eigenvalue weighted by atomic mass is 19.1. The second-order valence-corrected chi connectivity index (χ2v) is 5.24. The molecule has 1 saturated carbocycles. The van der Waals surface area contributed by atoms with Crippen LogP contribution in [0.15, 0.2) is 18.2 Å². The fourth-order valence-electron chi connectivity index (χ4n) is 2.60. The van der Waals surface area contributed by atoms with Gasteiger partial charge in [0.05, 0.1) is 19.8 Å². The van der Waals surface area contributed by atoms with Crippen LogP contribution in [0.3, 0.4) is 0 Å². The van der Waals surface area contributed by atoms with E-state index in [0.29, 0.717) is 30.6 Å². The van der Waals surface area contributed by atoms with Gasteiger partial charge in [0.15, 0.2) is 11.6 Å². The van der Waals surface area contributed by atoms with Gasteiger partial charge in [0.25, 0.3) is 0 Å². The van der Waals surface area contributed by atoms with Gasteiger partial charge < -0.3 is 14.8 Å². The van der Waals surface area contributed by atoms with Crippen LogP contribution in [0.4, 0.5) is 4.39 Å². The van der Waals surface area contributed by atoms with Gasteiger partial charge in [-0.25, -0.2) is 4.39 Å². The fourth-order valence-corrected chi connectivity index (χ4v) is 2.60. The van der Waals surface area contributed by atoms with E-state index < -0.39 is 0 Å². The lowest BCUT2D eigenvalue weighted by molar-refractivity contribution is 0.0302. The van der Waals surface area contributed by atoms with E-state index in [9.17, 15) is 4.39 Å². The third-order valence-corrected chi connectivity index (χ3v) is 3.76. The van der Waals surface area contributed by atoms with Gasteiger partial charge in [-0.2, -0.15) is 0 Å². The molecule has 20 heavy (non-hydrogen) atoms. The number of nitrogens with one attached hydrogen (secondary N) is 1. The van der Waals surface area contributed by atoms with Crippen molar-refractivity contribution in [2.24, 2.45) is 0 Å². The van der Waals surface area contributed by atoms with Crippen molar-refractivity contribution in [3.8, 4) is 5.75 Å². The Balaban J connectivity index is 1.65. The number of halogens is 1. The Morgan fingerprint density at radius 1 is 1.25 bits per heavy atom. The third kappa shape index (κ3) is 4.46. The molecule has 0 atom stereocenters. The van der Waals surface area contributed by atoms with Crippen LogP contribution in [0.1, 0.15) is 37.7 Å². The van der Waals surface area contributed by atoms with Crippen molar-refractivity contribution in [3.63, 3.8) is 0 Å². The Hall–Kier alpha value is -1.13. The Labute approximate surface area is 120 Å². The molecule has 1 fully saturated rings. The molecule has 1 aliphatic carbocycles. The molecule has 3 nitrogen and oxygen atoms in total. The highest BCUT2D eigenvalue weighted by Gasteiger charge is 2.13. The summed E-state index contributed by atoms with van der Waals surface area (Å²) < 4.78 is 24.7. The monoisotopic (exact) mass is 281 g/mol. The van der Waals surface area contributed by atoms with Crippen molar-refractivity contribution in [2.75, 3.05) is 20.3 Å². The first-order chi connectivity index (χ1) is 9.81. The number of rotatable bonds is 7. The van der Waals surface area contributed by atoms with Crippen molar-refractivity contribution < 1.29 is 13.9 Å². The van der Waals surface area contributed by atoms with E-state index in [0.717, 1.165) is 6.54 Å². The maximum atomic E-state index is 13.9. The van der Waals surface area contributed by atoms with Gasteiger partial charge in [-0.3, -0.25) is 0 Å². The standard InChI is InChI=1S/C16H24FNO2/c1-19-15-9-5-6-13(16(15)17)12-18-10-11-20-14-7-3-2-4-8-14/h5-6,9,14,18H,2-4,7-8,10-12H2,1H3. The minimum absolute atomic E-state index is 0.282. The molecule has 2 rings (SSSR count). The summed E-state index contributed by atoms with van der Waals surface area (Å²) >= 11 is 0. The van der Waals surface area contributed by atoms with Crippen LogP contribution < -0.4 is 10.1 Å². The van der Waals surface area contributed by atoms with Gasteiger partial charge in [0.2, 0.25) is 0 Å². The van der Waals surface area contributed by atoms with Crippen LogP contribution >= 0.6 is 0 Å². The average Bonchev–Trinajstić information content (AvgIpc) is 2.49. The molecule has 0 unspecified atom stereocenters. The quantitative estimate of drug-likeness (QED) is 0.778. The maximum Gasteiger partial charge on any atom is 0.169 e. The predicted octanol–water partition coefficient (Wildman–Crippen LogP) is 3.27. The van der Waals surface area contributed by atoms with Gasteiger partial charge in [-0.15, -0.1) is 0 Å². The number of methoxy groups -OCH3 is 1. The zero-order valence-electron chi connectivity index (χ0n) is 12.2.